The molecule has 0 radical (unpaired) electrons. The summed E-state index contributed by atoms with van der Waals surface area (Å²) in [6, 6.07) is 0. The molecule has 0 bridgehead atoms. The van der Waals surface area contributed by atoms with Gasteiger partial charge < -0.3 is 10.6 Å². The molecule has 1 saturated heterocycles. The van der Waals surface area contributed by atoms with Crippen LogP contribution in [0.5, 0.6) is 0 Å². The van der Waals surface area contributed by atoms with Crippen LogP contribution >= 0.6 is 0 Å². The molecule has 2 nitrogen and oxygen atoms in total. The molecule has 0 amide bonds. The zero-order valence-corrected chi connectivity index (χ0v) is 3.00. The number of nitrogens with one attached hydrogen (secondary N) is 2. The van der Waals surface area contributed by atoms with Crippen LogP contribution in [0.4, 0.5) is 0 Å². The third kappa shape index (κ3) is 0.954. The second kappa shape index (κ2) is 2.16. The first-order valence-electron chi connectivity index (χ1n) is 5.50. The molecule has 0 saturated carbocycles. The average molecular weight is 94.2 g/mol. The lowest BCUT2D eigenvalue weighted by Gasteiger charge is -2.11. The highest BCUT2D eigenvalue weighted by Gasteiger charge is 1.91. The summed E-state index contributed by atoms with van der Waals surface area (Å²) >= 11 is 0. The van der Waals surface area contributed by atoms with Gasteiger partial charge in [0.2, 0.25) is 0 Å². The Morgan fingerprint density at radius 3 is 2.67 bits per heavy atom. The molecular formula is C4H10N2. The molecule has 0 aromatic rings. The molecule has 0 unspecified atom stereocenters. The molecule has 0 aliphatic carbocycles. The highest BCUT2D eigenvalue weighted by Crippen LogP contribution is 1.75. The summed E-state index contributed by atoms with van der Waals surface area (Å²) in [6.07, 6.45) is -2.87. The molecule has 0 aromatic heterocycles. The van der Waals surface area contributed by atoms with Crippen molar-refractivity contribution in [1.29, 1.82) is 0 Å². The van der Waals surface area contributed by atoms with Crippen molar-refractivity contribution in [2.24, 2.45) is 0 Å². The number of hydrogen-bond donors (Lipinski definition) is 2. The third-order valence-corrected chi connectivity index (χ3v) is 0.375. The molecule has 1 aliphatic rings. The standard InChI is InChI=1S/C4H10N2/c1-2-5-4-6-3-1/h5-6H,1-4H2/i1D2,2D2,3D2,4D2. The van der Waals surface area contributed by atoms with E-state index in [1.165, 1.54) is 0 Å². The molecule has 0 spiro atoms. The Labute approximate surface area is 49.2 Å². The maximum atomic E-state index is 7.23. The van der Waals surface area contributed by atoms with E-state index in [-0.39, 0.29) is 0 Å². The lowest BCUT2D eigenvalue weighted by Crippen LogP contribution is -2.37. The molecule has 0 aromatic carbocycles. The summed E-state index contributed by atoms with van der Waals surface area (Å²) in [7, 11) is 0. The van der Waals surface area contributed by atoms with Gasteiger partial charge in [-0.05, 0) is 19.4 Å². The summed E-state index contributed by atoms with van der Waals surface area (Å²) in [4.78, 5) is 0. The lowest BCUT2D eigenvalue weighted by molar-refractivity contribution is 0.496. The largest absolute Gasteiger partial charge is 0.304 e. The van der Waals surface area contributed by atoms with Gasteiger partial charge in [-0.15, -0.1) is 0 Å². The van der Waals surface area contributed by atoms with E-state index in [2.05, 4.69) is 0 Å². The van der Waals surface area contributed by atoms with Crippen molar-refractivity contribution in [2.75, 3.05) is 19.6 Å². The summed E-state index contributed by atoms with van der Waals surface area (Å²) < 4.78 is 57.5. The van der Waals surface area contributed by atoms with Crippen LogP contribution in [0, 0.1) is 0 Å². The number of hydrogen-bond acceptors (Lipinski definition) is 2. The van der Waals surface area contributed by atoms with Crippen molar-refractivity contribution in [1.82, 2.24) is 10.6 Å². The fraction of sp³-hybridized carbons (Fsp3) is 1.00. The molecule has 0 atom stereocenters. The van der Waals surface area contributed by atoms with Crippen LogP contribution in [-0.2, 0) is 0 Å². The topological polar surface area (TPSA) is 24.1 Å². The highest BCUT2D eigenvalue weighted by atomic mass is 15.1. The van der Waals surface area contributed by atoms with Gasteiger partial charge in [-0.3, -0.25) is 0 Å². The Morgan fingerprint density at radius 1 is 1.33 bits per heavy atom. The molecular weight excluding hydrogens is 76.1 g/mol. The molecule has 6 heavy (non-hydrogen) atoms. The smallest absolute Gasteiger partial charge is 0.0597 e. The highest BCUT2D eigenvalue weighted by molar-refractivity contribution is 4.54. The molecule has 1 heterocycles. The van der Waals surface area contributed by atoms with Gasteiger partial charge in [0, 0.05) is 14.8 Å². The monoisotopic (exact) mass is 94.1 g/mol. The Morgan fingerprint density at radius 2 is 2.00 bits per heavy atom. The van der Waals surface area contributed by atoms with Crippen LogP contribution in [-0.4, -0.2) is 19.6 Å². The van der Waals surface area contributed by atoms with Crippen molar-refractivity contribution >= 4 is 0 Å². The summed E-state index contributed by atoms with van der Waals surface area (Å²) in [6.45, 7) is -8.06. The van der Waals surface area contributed by atoms with Gasteiger partial charge in [-0.2, -0.15) is 0 Å². The van der Waals surface area contributed by atoms with Crippen molar-refractivity contribution in [3.63, 3.8) is 0 Å². The van der Waals surface area contributed by atoms with Crippen LogP contribution < -0.4 is 10.6 Å². The first kappa shape index (κ1) is 0.740. The molecule has 1 aliphatic heterocycles. The van der Waals surface area contributed by atoms with E-state index in [0.717, 1.165) is 0 Å². The van der Waals surface area contributed by atoms with Gasteiger partial charge in [0.1, 0.15) is 0 Å². The zero-order valence-electron chi connectivity index (χ0n) is 11.0. The quantitative estimate of drug-likeness (QED) is 0.424. The van der Waals surface area contributed by atoms with Crippen molar-refractivity contribution in [3.8, 4) is 0 Å². The third-order valence-electron chi connectivity index (χ3n) is 0.375. The van der Waals surface area contributed by atoms with Gasteiger partial charge in [-0.1, -0.05) is 0 Å². The Bertz CT molecular complexity index is 226. The minimum Gasteiger partial charge on any atom is -0.304 e. The van der Waals surface area contributed by atoms with Crippen molar-refractivity contribution in [2.45, 2.75) is 6.37 Å². The van der Waals surface area contributed by atoms with Gasteiger partial charge in [0.15, 0.2) is 0 Å². The fourth-order valence-electron chi connectivity index (χ4n) is 0.188. The molecule has 1 rings (SSSR count). The predicted molar refractivity (Wildman–Crippen MR) is 25.5 cm³/mol. The second-order valence-electron chi connectivity index (χ2n) is 0.750. The summed E-state index contributed by atoms with van der Waals surface area (Å²) in [5.74, 6) is 0. The molecule has 1 fully saturated rings. The minimum absolute atomic E-state index is 1.72. The minimum atomic E-state index is -2.87. The first-order valence-corrected chi connectivity index (χ1v) is 1.50. The molecule has 2 N–H and O–H groups in total. The van der Waals surface area contributed by atoms with Gasteiger partial charge in [0.05, 0.1) is 2.74 Å². The van der Waals surface area contributed by atoms with Crippen molar-refractivity contribution < 1.29 is 11.0 Å². The van der Waals surface area contributed by atoms with E-state index >= 15 is 0 Å². The van der Waals surface area contributed by atoms with Crippen LogP contribution in [0.2, 0.25) is 0 Å². The average Bonchev–Trinajstić information content (AvgIpc) is 1.77. The first-order chi connectivity index (χ1) is 5.91. The lowest BCUT2D eigenvalue weighted by atomic mass is 10.4. The SMILES string of the molecule is [2H]C1([2H])NC([2H])([2H])C([2H])([2H])C([2H])([2H])N1. The van der Waals surface area contributed by atoms with Crippen LogP contribution in [0.3, 0.4) is 0 Å². The zero-order chi connectivity index (χ0) is 11.4. The van der Waals surface area contributed by atoms with Gasteiger partial charge in [0.25, 0.3) is 0 Å². The molecule has 36 valence electrons. The number of rotatable bonds is 0. The van der Waals surface area contributed by atoms with E-state index in [0.29, 0.717) is 0 Å². The predicted octanol–water partition coefficient (Wildman–Crippen LogP) is -0.473. The normalized spacial score (nSPS) is 77.3. The maximum Gasteiger partial charge on any atom is 0.0597 e. The van der Waals surface area contributed by atoms with E-state index in [9.17, 15) is 0 Å². The van der Waals surface area contributed by atoms with Gasteiger partial charge >= 0.3 is 0 Å². The fourth-order valence-corrected chi connectivity index (χ4v) is 0.188. The summed E-state index contributed by atoms with van der Waals surface area (Å²) in [5.41, 5.74) is 0. The van der Waals surface area contributed by atoms with E-state index in [1.54, 1.807) is 10.6 Å². The summed E-state index contributed by atoms with van der Waals surface area (Å²) in [5, 5.41) is 3.44. The second-order valence-corrected chi connectivity index (χ2v) is 0.750. The van der Waals surface area contributed by atoms with E-state index < -0.39 is 26.0 Å². The van der Waals surface area contributed by atoms with Crippen molar-refractivity contribution in [3.05, 3.63) is 0 Å². The Hall–Kier alpha value is -0.0800. The Balaban J connectivity index is 3.13. The van der Waals surface area contributed by atoms with E-state index in [1.807, 2.05) is 0 Å². The van der Waals surface area contributed by atoms with E-state index in [4.69, 9.17) is 11.0 Å². The van der Waals surface area contributed by atoms with Gasteiger partial charge in [-0.25, -0.2) is 0 Å². The Kier molecular flexibility index (Phi) is 0.266. The van der Waals surface area contributed by atoms with Crippen LogP contribution in [0.1, 0.15) is 17.3 Å². The van der Waals surface area contributed by atoms with Crippen LogP contribution in [0.15, 0.2) is 0 Å². The maximum absolute atomic E-state index is 7.23. The molecule has 2 heteroatoms. The van der Waals surface area contributed by atoms with Crippen LogP contribution in [0.25, 0.3) is 0 Å².